The molecule has 0 aliphatic heterocycles. The summed E-state index contributed by atoms with van der Waals surface area (Å²) in [5.74, 6) is -1.20. The molecule has 0 aromatic heterocycles. The predicted molar refractivity (Wildman–Crippen MR) is 59.2 cm³/mol. The van der Waals surface area contributed by atoms with Crippen LogP contribution in [-0.4, -0.2) is 0 Å². The van der Waals surface area contributed by atoms with Crippen molar-refractivity contribution in [2.24, 2.45) is 0 Å². The van der Waals surface area contributed by atoms with Gasteiger partial charge in [0.2, 0.25) is 0 Å². The molecule has 0 amide bonds. The fourth-order valence-electron chi connectivity index (χ4n) is 1.70. The van der Waals surface area contributed by atoms with Crippen molar-refractivity contribution in [1.29, 1.82) is 0 Å². The first-order valence-corrected chi connectivity index (χ1v) is 5.80. The van der Waals surface area contributed by atoms with Gasteiger partial charge in [-0.15, -0.1) is 0 Å². The van der Waals surface area contributed by atoms with Gasteiger partial charge < -0.3 is 0 Å². The monoisotopic (exact) mass is 248 g/mol. The molecule has 0 aliphatic rings. The fourth-order valence-corrected chi connectivity index (χ4v) is 1.70. The molecule has 96 valence electrons. The van der Waals surface area contributed by atoms with Crippen LogP contribution < -0.4 is 0 Å². The van der Waals surface area contributed by atoms with Gasteiger partial charge in [0.1, 0.15) is 5.82 Å². The Bertz CT molecular complexity index is 355. The lowest BCUT2D eigenvalue weighted by Gasteiger charge is -2.10. The van der Waals surface area contributed by atoms with Crippen molar-refractivity contribution in [2.75, 3.05) is 0 Å². The van der Waals surface area contributed by atoms with Gasteiger partial charge in [-0.1, -0.05) is 32.3 Å². The summed E-state index contributed by atoms with van der Waals surface area (Å²) in [5, 5.41) is 0. The van der Waals surface area contributed by atoms with Crippen molar-refractivity contribution in [2.45, 2.75) is 45.2 Å². The van der Waals surface area contributed by atoms with Crippen LogP contribution in [0, 0.1) is 5.82 Å². The largest absolute Gasteiger partial charge is 0.419 e. The molecule has 0 saturated heterocycles. The smallest absolute Gasteiger partial charge is 0.206 e. The van der Waals surface area contributed by atoms with Crippen LogP contribution in [0.5, 0.6) is 0 Å². The van der Waals surface area contributed by atoms with Crippen LogP contribution in [0.15, 0.2) is 18.2 Å². The zero-order valence-electron chi connectivity index (χ0n) is 9.78. The van der Waals surface area contributed by atoms with E-state index in [0.29, 0.717) is 12.0 Å². The second kappa shape index (κ2) is 6.03. The molecule has 0 nitrogen and oxygen atoms in total. The summed E-state index contributed by atoms with van der Waals surface area (Å²) in [6.07, 6.45) is -0.0383. The number of alkyl halides is 3. The average molecular weight is 248 g/mol. The molecule has 0 heterocycles. The van der Waals surface area contributed by atoms with E-state index in [9.17, 15) is 17.6 Å². The highest BCUT2D eigenvalue weighted by atomic mass is 19.4. The maximum atomic E-state index is 13.0. The highest BCUT2D eigenvalue weighted by Gasteiger charge is 2.34. The Morgan fingerprint density at radius 1 is 1.06 bits per heavy atom. The van der Waals surface area contributed by atoms with E-state index in [1.165, 1.54) is 6.07 Å². The van der Waals surface area contributed by atoms with Gasteiger partial charge in [0.25, 0.3) is 0 Å². The van der Waals surface area contributed by atoms with E-state index in [-0.39, 0.29) is 0 Å². The summed E-state index contributed by atoms with van der Waals surface area (Å²) < 4.78 is 50.3. The van der Waals surface area contributed by atoms with Gasteiger partial charge in [-0.3, -0.25) is 0 Å². The van der Waals surface area contributed by atoms with E-state index in [1.807, 2.05) is 0 Å². The summed E-state index contributed by atoms with van der Waals surface area (Å²) in [4.78, 5) is 0. The fraction of sp³-hybridized carbons (Fsp3) is 0.538. The third-order valence-electron chi connectivity index (χ3n) is 2.66. The van der Waals surface area contributed by atoms with Crippen molar-refractivity contribution >= 4 is 0 Å². The molecule has 17 heavy (non-hydrogen) atoms. The van der Waals surface area contributed by atoms with Crippen molar-refractivity contribution < 1.29 is 17.6 Å². The normalized spacial score (nSPS) is 11.8. The molecule has 0 fully saturated rings. The van der Waals surface area contributed by atoms with Crippen molar-refractivity contribution in [3.63, 3.8) is 0 Å². The number of hydrogen-bond acceptors (Lipinski definition) is 0. The van der Waals surface area contributed by atoms with Crippen LogP contribution in [0.4, 0.5) is 17.6 Å². The summed E-state index contributed by atoms with van der Waals surface area (Å²) in [6, 6.07) is 3.25. The zero-order chi connectivity index (χ0) is 12.9. The SMILES string of the molecule is CCCCCCc1ccc(F)c(C(F)(F)F)c1. The minimum absolute atomic E-state index is 0.551. The Labute approximate surface area is 98.6 Å². The van der Waals surface area contributed by atoms with Crippen LogP contribution in [0.3, 0.4) is 0 Å². The second-order valence-corrected chi connectivity index (χ2v) is 4.12. The van der Waals surface area contributed by atoms with Crippen molar-refractivity contribution in [3.05, 3.63) is 35.1 Å². The van der Waals surface area contributed by atoms with Crippen LogP contribution in [0.25, 0.3) is 0 Å². The molecule has 0 aliphatic carbocycles. The predicted octanol–water partition coefficient (Wildman–Crippen LogP) is 4.97. The molecule has 0 atom stereocenters. The van der Waals surface area contributed by atoms with Crippen LogP contribution in [-0.2, 0) is 12.6 Å². The number of aryl methyl sites for hydroxylation is 1. The van der Waals surface area contributed by atoms with Crippen molar-refractivity contribution in [1.82, 2.24) is 0 Å². The molecule has 0 unspecified atom stereocenters. The van der Waals surface area contributed by atoms with Crippen LogP contribution in [0.2, 0.25) is 0 Å². The molecule has 1 aromatic carbocycles. The van der Waals surface area contributed by atoms with E-state index in [0.717, 1.165) is 37.8 Å². The van der Waals surface area contributed by atoms with E-state index in [1.54, 1.807) is 0 Å². The molecule has 0 radical (unpaired) electrons. The number of hydrogen-bond donors (Lipinski definition) is 0. The summed E-state index contributed by atoms with van der Waals surface area (Å²) in [5.41, 5.74) is -0.611. The first-order valence-electron chi connectivity index (χ1n) is 5.80. The highest BCUT2D eigenvalue weighted by molar-refractivity contribution is 5.27. The Hall–Kier alpha value is -1.06. The summed E-state index contributed by atoms with van der Waals surface area (Å²) >= 11 is 0. The first-order chi connectivity index (χ1) is 7.95. The number of halogens is 4. The maximum Gasteiger partial charge on any atom is 0.419 e. The molecule has 0 N–H and O–H groups in total. The Morgan fingerprint density at radius 2 is 1.76 bits per heavy atom. The minimum Gasteiger partial charge on any atom is -0.206 e. The summed E-state index contributed by atoms with van der Waals surface area (Å²) in [6.45, 7) is 2.07. The van der Waals surface area contributed by atoms with E-state index >= 15 is 0 Å². The maximum absolute atomic E-state index is 13.0. The van der Waals surface area contributed by atoms with Crippen LogP contribution in [0.1, 0.15) is 43.7 Å². The molecule has 0 saturated carbocycles. The molecule has 0 bridgehead atoms. The number of rotatable bonds is 5. The van der Waals surface area contributed by atoms with E-state index in [2.05, 4.69) is 6.92 Å². The van der Waals surface area contributed by atoms with Gasteiger partial charge >= 0.3 is 6.18 Å². The minimum atomic E-state index is -4.61. The Kier molecular flexibility index (Phi) is 4.97. The number of unbranched alkanes of at least 4 members (excludes halogenated alkanes) is 3. The number of benzene rings is 1. The van der Waals surface area contributed by atoms with Gasteiger partial charge in [-0.25, -0.2) is 4.39 Å². The molecule has 0 spiro atoms. The van der Waals surface area contributed by atoms with Gasteiger partial charge in [0.15, 0.2) is 0 Å². The molecule has 1 aromatic rings. The van der Waals surface area contributed by atoms with Gasteiger partial charge in [-0.2, -0.15) is 13.2 Å². The van der Waals surface area contributed by atoms with Gasteiger partial charge in [0, 0.05) is 0 Å². The lowest BCUT2D eigenvalue weighted by Crippen LogP contribution is -2.08. The van der Waals surface area contributed by atoms with Gasteiger partial charge in [0.05, 0.1) is 5.56 Å². The standard InChI is InChI=1S/C13H16F4/c1-2-3-4-5-6-10-7-8-12(14)11(9-10)13(15,16)17/h7-9H,2-6H2,1H3. The van der Waals surface area contributed by atoms with E-state index < -0.39 is 17.6 Å². The Morgan fingerprint density at radius 3 is 2.35 bits per heavy atom. The Balaban J connectivity index is 2.69. The second-order valence-electron chi connectivity index (χ2n) is 4.12. The molecular formula is C13H16F4. The zero-order valence-corrected chi connectivity index (χ0v) is 9.78. The molecule has 1 rings (SSSR count). The average Bonchev–Trinajstić information content (AvgIpc) is 2.25. The lowest BCUT2D eigenvalue weighted by molar-refractivity contribution is -0.140. The third kappa shape index (κ3) is 4.36. The van der Waals surface area contributed by atoms with Crippen molar-refractivity contribution in [3.8, 4) is 0 Å². The topological polar surface area (TPSA) is 0 Å². The quantitative estimate of drug-likeness (QED) is 0.510. The highest BCUT2D eigenvalue weighted by Crippen LogP contribution is 2.32. The summed E-state index contributed by atoms with van der Waals surface area (Å²) in [7, 11) is 0. The van der Waals surface area contributed by atoms with Crippen LogP contribution >= 0.6 is 0 Å². The van der Waals surface area contributed by atoms with Gasteiger partial charge in [-0.05, 0) is 30.5 Å². The molecule has 4 heteroatoms. The van der Waals surface area contributed by atoms with E-state index in [4.69, 9.17) is 0 Å². The molecular weight excluding hydrogens is 232 g/mol. The third-order valence-corrected chi connectivity index (χ3v) is 2.66. The first kappa shape index (κ1) is 14.0. The lowest BCUT2D eigenvalue weighted by atomic mass is 10.0.